The van der Waals surface area contributed by atoms with Crippen molar-refractivity contribution in [2.24, 2.45) is 5.92 Å². The molecule has 0 saturated carbocycles. The molecular weight excluding hydrogens is 356 g/mol. The number of nitrogens with one attached hydrogen (secondary N) is 2. The van der Waals surface area contributed by atoms with E-state index in [1.54, 1.807) is 24.3 Å². The molecule has 2 N–H and O–H groups in total. The summed E-state index contributed by atoms with van der Waals surface area (Å²) < 4.78 is 0.818. The van der Waals surface area contributed by atoms with Crippen molar-refractivity contribution in [1.29, 1.82) is 0 Å². The van der Waals surface area contributed by atoms with Crippen LogP contribution in [0.1, 0.15) is 34.6 Å². The van der Waals surface area contributed by atoms with Crippen LogP contribution in [0.15, 0.2) is 53.0 Å². The Labute approximate surface area is 144 Å². The lowest BCUT2D eigenvalue weighted by Crippen LogP contribution is -2.27. The van der Waals surface area contributed by atoms with Gasteiger partial charge in [-0.2, -0.15) is 0 Å². The molecular formula is C18H19BrN2O2. The molecule has 2 aromatic carbocycles. The standard InChI is InChI=1S/C18H19BrN2O2/c1-12(2)11-20-17(22)13-7-9-14(10-8-13)18(23)21-16-6-4-3-5-15(16)19/h3-10,12H,11H2,1-2H3,(H,20,22)(H,21,23). The number of carbonyl (C=O) groups is 2. The third-order valence-electron chi connectivity index (χ3n) is 3.20. The summed E-state index contributed by atoms with van der Waals surface area (Å²) in [5.74, 6) is 0.0517. The van der Waals surface area contributed by atoms with Crippen molar-refractivity contribution in [2.45, 2.75) is 13.8 Å². The molecule has 0 radical (unpaired) electrons. The van der Waals surface area contributed by atoms with E-state index in [-0.39, 0.29) is 11.8 Å². The van der Waals surface area contributed by atoms with Gasteiger partial charge in [0.15, 0.2) is 0 Å². The summed E-state index contributed by atoms with van der Waals surface area (Å²) in [6.45, 7) is 4.70. The monoisotopic (exact) mass is 374 g/mol. The molecule has 0 unspecified atom stereocenters. The summed E-state index contributed by atoms with van der Waals surface area (Å²) in [7, 11) is 0. The van der Waals surface area contributed by atoms with Crippen LogP contribution in [0.25, 0.3) is 0 Å². The number of rotatable bonds is 5. The molecule has 0 saturated heterocycles. The molecule has 2 rings (SSSR count). The molecule has 0 aliphatic rings. The Morgan fingerprint density at radius 2 is 1.52 bits per heavy atom. The predicted molar refractivity (Wildman–Crippen MR) is 95.7 cm³/mol. The van der Waals surface area contributed by atoms with Crippen molar-refractivity contribution < 1.29 is 9.59 Å². The summed E-state index contributed by atoms with van der Waals surface area (Å²) in [6.07, 6.45) is 0. The van der Waals surface area contributed by atoms with Crippen molar-refractivity contribution in [2.75, 3.05) is 11.9 Å². The maximum absolute atomic E-state index is 12.2. The van der Waals surface area contributed by atoms with E-state index in [1.165, 1.54) is 0 Å². The van der Waals surface area contributed by atoms with E-state index in [9.17, 15) is 9.59 Å². The van der Waals surface area contributed by atoms with E-state index in [0.29, 0.717) is 29.3 Å². The number of carbonyl (C=O) groups excluding carboxylic acids is 2. The van der Waals surface area contributed by atoms with Crippen LogP contribution in [0.5, 0.6) is 0 Å². The Kier molecular flexibility index (Phi) is 5.93. The van der Waals surface area contributed by atoms with Gasteiger partial charge in [-0.1, -0.05) is 26.0 Å². The van der Waals surface area contributed by atoms with Crippen molar-refractivity contribution in [3.63, 3.8) is 0 Å². The summed E-state index contributed by atoms with van der Waals surface area (Å²) in [4.78, 5) is 24.2. The fraction of sp³-hybridized carbons (Fsp3) is 0.222. The minimum Gasteiger partial charge on any atom is -0.352 e. The van der Waals surface area contributed by atoms with Crippen LogP contribution < -0.4 is 10.6 Å². The Bertz CT molecular complexity index is 696. The van der Waals surface area contributed by atoms with E-state index in [0.717, 1.165) is 4.47 Å². The molecule has 0 bridgehead atoms. The predicted octanol–water partition coefficient (Wildman–Crippen LogP) is 4.09. The van der Waals surface area contributed by atoms with E-state index in [4.69, 9.17) is 0 Å². The summed E-state index contributed by atoms with van der Waals surface area (Å²) in [6, 6.07) is 14.0. The Hall–Kier alpha value is -2.14. The second kappa shape index (κ2) is 7.92. The lowest BCUT2D eigenvalue weighted by molar-refractivity contribution is 0.0947. The molecule has 5 heteroatoms. The van der Waals surface area contributed by atoms with Gasteiger partial charge >= 0.3 is 0 Å². The fourth-order valence-electron chi connectivity index (χ4n) is 1.93. The van der Waals surface area contributed by atoms with Gasteiger partial charge in [-0.3, -0.25) is 9.59 Å². The Balaban J connectivity index is 2.03. The number of hydrogen-bond acceptors (Lipinski definition) is 2. The molecule has 2 aromatic rings. The first-order valence-corrected chi connectivity index (χ1v) is 8.21. The first kappa shape index (κ1) is 17.2. The largest absolute Gasteiger partial charge is 0.352 e. The third kappa shape index (κ3) is 4.93. The van der Waals surface area contributed by atoms with Crippen LogP contribution in [-0.2, 0) is 0 Å². The van der Waals surface area contributed by atoms with Gasteiger partial charge in [-0.05, 0) is 58.2 Å². The zero-order valence-electron chi connectivity index (χ0n) is 13.1. The fourth-order valence-corrected chi connectivity index (χ4v) is 2.31. The van der Waals surface area contributed by atoms with Gasteiger partial charge < -0.3 is 10.6 Å². The second-order valence-corrected chi connectivity index (χ2v) is 6.47. The number of benzene rings is 2. The zero-order valence-corrected chi connectivity index (χ0v) is 14.7. The minimum absolute atomic E-state index is 0.128. The highest BCUT2D eigenvalue weighted by molar-refractivity contribution is 9.10. The number of hydrogen-bond donors (Lipinski definition) is 2. The van der Waals surface area contributed by atoms with Crippen LogP contribution >= 0.6 is 15.9 Å². The summed E-state index contributed by atoms with van der Waals surface area (Å²) >= 11 is 3.39. The van der Waals surface area contributed by atoms with Crippen LogP contribution in [0.2, 0.25) is 0 Å². The van der Waals surface area contributed by atoms with E-state index in [2.05, 4.69) is 26.6 Å². The van der Waals surface area contributed by atoms with Crippen LogP contribution in [0.3, 0.4) is 0 Å². The van der Waals surface area contributed by atoms with Crippen LogP contribution in [0.4, 0.5) is 5.69 Å². The first-order valence-electron chi connectivity index (χ1n) is 7.41. The van der Waals surface area contributed by atoms with Crippen molar-refractivity contribution in [3.05, 3.63) is 64.1 Å². The molecule has 0 aliphatic heterocycles. The smallest absolute Gasteiger partial charge is 0.255 e. The molecule has 0 fully saturated rings. The Morgan fingerprint density at radius 1 is 0.957 bits per heavy atom. The van der Waals surface area contributed by atoms with Crippen molar-refractivity contribution in [1.82, 2.24) is 5.32 Å². The second-order valence-electron chi connectivity index (χ2n) is 5.62. The SMILES string of the molecule is CC(C)CNC(=O)c1ccc(C(=O)Nc2ccccc2Br)cc1. The number of para-hydroxylation sites is 1. The number of anilines is 1. The van der Waals surface area contributed by atoms with Gasteiger partial charge in [0.05, 0.1) is 5.69 Å². The lowest BCUT2D eigenvalue weighted by Gasteiger charge is -2.09. The topological polar surface area (TPSA) is 58.2 Å². The highest BCUT2D eigenvalue weighted by Gasteiger charge is 2.10. The van der Waals surface area contributed by atoms with Crippen molar-refractivity contribution in [3.8, 4) is 0 Å². The number of halogens is 1. The van der Waals surface area contributed by atoms with E-state index >= 15 is 0 Å². The summed E-state index contributed by atoms with van der Waals surface area (Å²) in [5, 5.41) is 5.68. The highest BCUT2D eigenvalue weighted by atomic mass is 79.9. The van der Waals surface area contributed by atoms with Crippen LogP contribution in [0, 0.1) is 5.92 Å². The van der Waals surface area contributed by atoms with E-state index in [1.807, 2.05) is 38.1 Å². The lowest BCUT2D eigenvalue weighted by atomic mass is 10.1. The molecule has 120 valence electrons. The minimum atomic E-state index is -0.217. The molecule has 2 amide bonds. The molecule has 4 nitrogen and oxygen atoms in total. The van der Waals surface area contributed by atoms with Gasteiger partial charge in [0.2, 0.25) is 0 Å². The van der Waals surface area contributed by atoms with Crippen LogP contribution in [-0.4, -0.2) is 18.4 Å². The third-order valence-corrected chi connectivity index (χ3v) is 3.89. The van der Waals surface area contributed by atoms with Gasteiger partial charge in [-0.15, -0.1) is 0 Å². The molecule has 0 aliphatic carbocycles. The van der Waals surface area contributed by atoms with Gasteiger partial charge in [-0.25, -0.2) is 0 Å². The molecule has 0 heterocycles. The first-order chi connectivity index (χ1) is 11.0. The van der Waals surface area contributed by atoms with E-state index < -0.39 is 0 Å². The average molecular weight is 375 g/mol. The maximum atomic E-state index is 12.2. The van der Waals surface area contributed by atoms with Gasteiger partial charge in [0.1, 0.15) is 0 Å². The average Bonchev–Trinajstić information content (AvgIpc) is 2.54. The zero-order chi connectivity index (χ0) is 16.8. The quantitative estimate of drug-likeness (QED) is 0.827. The maximum Gasteiger partial charge on any atom is 0.255 e. The highest BCUT2D eigenvalue weighted by Crippen LogP contribution is 2.21. The van der Waals surface area contributed by atoms with Gasteiger partial charge in [0, 0.05) is 22.1 Å². The molecule has 0 spiro atoms. The molecule has 23 heavy (non-hydrogen) atoms. The molecule has 0 aromatic heterocycles. The van der Waals surface area contributed by atoms with Gasteiger partial charge in [0.25, 0.3) is 11.8 Å². The Morgan fingerprint density at radius 3 is 2.09 bits per heavy atom. The summed E-state index contributed by atoms with van der Waals surface area (Å²) in [5.41, 5.74) is 1.75. The molecule has 0 atom stereocenters. The normalized spacial score (nSPS) is 10.4. The van der Waals surface area contributed by atoms with Crippen molar-refractivity contribution >= 4 is 33.4 Å². The number of amides is 2.